The van der Waals surface area contributed by atoms with Gasteiger partial charge in [-0.2, -0.15) is 0 Å². The molecular weight excluding hydrogens is 517 g/mol. The summed E-state index contributed by atoms with van der Waals surface area (Å²) in [7, 11) is 1.99. The molecule has 0 aliphatic carbocycles. The molecule has 2 heterocycles. The van der Waals surface area contributed by atoms with Crippen LogP contribution >= 0.6 is 24.0 Å². The van der Waals surface area contributed by atoms with E-state index in [0.29, 0.717) is 25.2 Å². The highest BCUT2D eigenvalue weighted by atomic mass is 127. The molecule has 1 aliphatic rings. The van der Waals surface area contributed by atoms with Gasteiger partial charge < -0.3 is 24.8 Å². The fraction of sp³-hybridized carbons (Fsp3) is 0.609. The first kappa shape index (κ1) is 26.5. The zero-order chi connectivity index (χ0) is 22.1. The summed E-state index contributed by atoms with van der Waals surface area (Å²) in [4.78, 5) is 7.31. The van der Waals surface area contributed by atoms with E-state index in [0.717, 1.165) is 56.7 Å². The summed E-state index contributed by atoms with van der Waals surface area (Å²) < 4.78 is 7.70. The number of hydrogen-bond donors (Lipinski definition) is 2. The van der Waals surface area contributed by atoms with Crippen LogP contribution < -0.4 is 10.6 Å². The standard InChI is InChI=1S/C23H37N7O.HI/c1-18(2)31-15-14-30-12-10-21(11-13-30)26-23(24-16-20-8-6-5-7-9-20)25-17-22-28-27-19(3)29(22)4;/h5-9,18,21H,10-17H2,1-4H3,(H2,24,25,26);1H. The number of halogens is 1. The van der Waals surface area contributed by atoms with E-state index in [1.807, 2.05) is 36.7 Å². The molecule has 0 radical (unpaired) electrons. The number of aryl methyl sites for hydroxylation is 1. The molecule has 0 bridgehead atoms. The highest BCUT2D eigenvalue weighted by Gasteiger charge is 2.20. The Hall–Kier alpha value is -1.72. The molecule has 1 aromatic heterocycles. The first-order chi connectivity index (χ1) is 15.0. The van der Waals surface area contributed by atoms with Crippen molar-refractivity contribution < 1.29 is 4.74 Å². The van der Waals surface area contributed by atoms with Crippen LogP contribution in [0.1, 0.15) is 43.9 Å². The Morgan fingerprint density at radius 1 is 1.19 bits per heavy atom. The fourth-order valence-electron chi connectivity index (χ4n) is 3.59. The number of ether oxygens (including phenoxy) is 1. The quantitative estimate of drug-likeness (QED) is 0.282. The zero-order valence-electron chi connectivity index (χ0n) is 19.8. The summed E-state index contributed by atoms with van der Waals surface area (Å²) in [5.41, 5.74) is 1.19. The number of piperidine rings is 1. The van der Waals surface area contributed by atoms with Gasteiger partial charge >= 0.3 is 0 Å². The van der Waals surface area contributed by atoms with Crippen LogP contribution in [0.4, 0.5) is 0 Å². The number of likely N-dealkylation sites (tertiary alicyclic amines) is 1. The third kappa shape index (κ3) is 8.67. The molecule has 9 heteroatoms. The van der Waals surface area contributed by atoms with Gasteiger partial charge in [0.05, 0.1) is 25.8 Å². The Labute approximate surface area is 209 Å². The molecule has 1 aromatic carbocycles. The summed E-state index contributed by atoms with van der Waals surface area (Å²) in [5, 5.41) is 15.5. The monoisotopic (exact) mass is 555 g/mol. The molecule has 1 saturated heterocycles. The maximum Gasteiger partial charge on any atom is 0.192 e. The predicted octanol–water partition coefficient (Wildman–Crippen LogP) is 2.87. The topological polar surface area (TPSA) is 79.6 Å². The normalized spacial score (nSPS) is 15.6. The Morgan fingerprint density at radius 3 is 2.53 bits per heavy atom. The highest BCUT2D eigenvalue weighted by molar-refractivity contribution is 14.0. The lowest BCUT2D eigenvalue weighted by Crippen LogP contribution is -2.49. The average Bonchev–Trinajstić information content (AvgIpc) is 3.09. The van der Waals surface area contributed by atoms with E-state index in [1.54, 1.807) is 0 Å². The fourth-order valence-corrected chi connectivity index (χ4v) is 3.59. The molecule has 3 rings (SSSR count). The number of aliphatic imine (C=N–C) groups is 1. The van der Waals surface area contributed by atoms with Crippen LogP contribution in [0.25, 0.3) is 0 Å². The van der Waals surface area contributed by atoms with Crippen molar-refractivity contribution in [2.24, 2.45) is 12.0 Å². The number of nitrogens with one attached hydrogen (secondary N) is 2. The number of aromatic nitrogens is 3. The molecule has 0 unspecified atom stereocenters. The Kier molecular flexibility index (Phi) is 11.4. The Balaban J connectivity index is 0.00000363. The van der Waals surface area contributed by atoms with Crippen molar-refractivity contribution in [2.75, 3.05) is 26.2 Å². The number of guanidine groups is 1. The predicted molar refractivity (Wildman–Crippen MR) is 139 cm³/mol. The Bertz CT molecular complexity index is 817. The molecule has 8 nitrogen and oxygen atoms in total. The van der Waals surface area contributed by atoms with Crippen LogP contribution in [0.5, 0.6) is 0 Å². The van der Waals surface area contributed by atoms with Crippen LogP contribution in [-0.4, -0.2) is 64.0 Å². The molecule has 0 amide bonds. The summed E-state index contributed by atoms with van der Waals surface area (Å²) >= 11 is 0. The lowest BCUT2D eigenvalue weighted by atomic mass is 10.1. The first-order valence-corrected chi connectivity index (χ1v) is 11.3. The van der Waals surface area contributed by atoms with Crippen molar-refractivity contribution in [2.45, 2.75) is 58.8 Å². The number of hydrogen-bond acceptors (Lipinski definition) is 5. The average molecular weight is 556 g/mol. The molecule has 2 N–H and O–H groups in total. The van der Waals surface area contributed by atoms with E-state index >= 15 is 0 Å². The second kappa shape index (κ2) is 13.7. The maximum absolute atomic E-state index is 5.70. The summed E-state index contributed by atoms with van der Waals surface area (Å²) in [5.74, 6) is 2.62. The third-order valence-corrected chi connectivity index (χ3v) is 5.65. The SMILES string of the molecule is Cc1nnc(CNC(=NCc2ccccc2)NC2CCN(CCOC(C)C)CC2)n1C.I. The minimum Gasteiger partial charge on any atom is -0.377 e. The van der Waals surface area contributed by atoms with Crippen molar-refractivity contribution in [1.82, 2.24) is 30.3 Å². The molecular formula is C23H38IN7O. The van der Waals surface area contributed by atoms with Crippen LogP contribution in [-0.2, 0) is 24.9 Å². The third-order valence-electron chi connectivity index (χ3n) is 5.65. The van der Waals surface area contributed by atoms with Gasteiger partial charge in [-0.15, -0.1) is 34.2 Å². The van der Waals surface area contributed by atoms with E-state index in [2.05, 4.69) is 51.7 Å². The van der Waals surface area contributed by atoms with Gasteiger partial charge in [0, 0.05) is 32.7 Å². The van der Waals surface area contributed by atoms with Crippen molar-refractivity contribution in [3.8, 4) is 0 Å². The van der Waals surface area contributed by atoms with E-state index < -0.39 is 0 Å². The lowest BCUT2D eigenvalue weighted by Gasteiger charge is -2.33. The molecule has 2 aromatic rings. The van der Waals surface area contributed by atoms with Gasteiger partial charge in [0.2, 0.25) is 0 Å². The van der Waals surface area contributed by atoms with Gasteiger partial charge in [0.15, 0.2) is 11.8 Å². The van der Waals surface area contributed by atoms with E-state index in [-0.39, 0.29) is 24.0 Å². The van der Waals surface area contributed by atoms with Crippen molar-refractivity contribution in [3.05, 3.63) is 47.5 Å². The number of nitrogens with zero attached hydrogens (tertiary/aromatic N) is 5. The minimum atomic E-state index is 0. The molecule has 0 atom stereocenters. The smallest absolute Gasteiger partial charge is 0.192 e. The van der Waals surface area contributed by atoms with Gasteiger partial charge in [-0.25, -0.2) is 4.99 Å². The van der Waals surface area contributed by atoms with Crippen LogP contribution in [0.2, 0.25) is 0 Å². The first-order valence-electron chi connectivity index (χ1n) is 11.3. The van der Waals surface area contributed by atoms with Crippen molar-refractivity contribution in [3.63, 3.8) is 0 Å². The molecule has 1 fully saturated rings. The largest absolute Gasteiger partial charge is 0.377 e. The Morgan fingerprint density at radius 2 is 1.91 bits per heavy atom. The summed E-state index contributed by atoms with van der Waals surface area (Å²) in [6, 6.07) is 10.7. The van der Waals surface area contributed by atoms with Gasteiger partial charge in [0.1, 0.15) is 5.82 Å². The molecule has 0 saturated carbocycles. The lowest BCUT2D eigenvalue weighted by molar-refractivity contribution is 0.0532. The second-order valence-corrected chi connectivity index (χ2v) is 8.41. The summed E-state index contributed by atoms with van der Waals surface area (Å²) in [6.07, 6.45) is 2.49. The highest BCUT2D eigenvalue weighted by Crippen LogP contribution is 2.10. The van der Waals surface area contributed by atoms with Crippen molar-refractivity contribution >= 4 is 29.9 Å². The van der Waals surface area contributed by atoms with Gasteiger partial charge in [-0.1, -0.05) is 30.3 Å². The zero-order valence-corrected chi connectivity index (χ0v) is 22.1. The molecule has 32 heavy (non-hydrogen) atoms. The molecule has 178 valence electrons. The van der Waals surface area contributed by atoms with E-state index in [4.69, 9.17) is 9.73 Å². The van der Waals surface area contributed by atoms with Crippen molar-refractivity contribution in [1.29, 1.82) is 0 Å². The van der Waals surface area contributed by atoms with Gasteiger partial charge in [0.25, 0.3) is 0 Å². The van der Waals surface area contributed by atoms with Gasteiger partial charge in [-0.3, -0.25) is 0 Å². The summed E-state index contributed by atoms with van der Waals surface area (Å²) in [6.45, 7) is 11.3. The van der Waals surface area contributed by atoms with E-state index in [1.165, 1.54) is 5.56 Å². The van der Waals surface area contributed by atoms with Crippen LogP contribution in [0, 0.1) is 6.92 Å². The van der Waals surface area contributed by atoms with Crippen LogP contribution in [0.3, 0.4) is 0 Å². The number of rotatable bonds is 9. The number of benzene rings is 1. The van der Waals surface area contributed by atoms with Crippen LogP contribution in [0.15, 0.2) is 35.3 Å². The van der Waals surface area contributed by atoms with Gasteiger partial charge in [-0.05, 0) is 39.2 Å². The van der Waals surface area contributed by atoms with E-state index in [9.17, 15) is 0 Å². The minimum absolute atomic E-state index is 0. The second-order valence-electron chi connectivity index (χ2n) is 8.41. The maximum atomic E-state index is 5.70. The molecule has 1 aliphatic heterocycles. The molecule has 0 spiro atoms.